The van der Waals surface area contributed by atoms with Gasteiger partial charge in [0, 0.05) is 5.56 Å². The van der Waals surface area contributed by atoms with Gasteiger partial charge in [-0.2, -0.15) is 0 Å². The molecule has 0 aliphatic carbocycles. The summed E-state index contributed by atoms with van der Waals surface area (Å²) in [5.41, 5.74) is 4.26. The van der Waals surface area contributed by atoms with Crippen molar-refractivity contribution < 1.29 is 19.3 Å². The van der Waals surface area contributed by atoms with E-state index in [0.29, 0.717) is 5.92 Å². The predicted octanol–water partition coefficient (Wildman–Crippen LogP) is 6.41. The number of aliphatic hydroxyl groups excluding tert-OH is 1. The summed E-state index contributed by atoms with van der Waals surface area (Å²) in [5.74, 6) is 3.36. The average molecular weight is 419 g/mol. The van der Waals surface area contributed by atoms with Crippen LogP contribution in [-0.2, 0) is 11.2 Å². The molecule has 0 spiro atoms. The lowest BCUT2D eigenvalue weighted by molar-refractivity contribution is -0.0658. The van der Waals surface area contributed by atoms with Crippen molar-refractivity contribution in [1.82, 2.24) is 0 Å². The largest absolute Gasteiger partial charge is 0.483 e. The van der Waals surface area contributed by atoms with Crippen molar-refractivity contribution in [2.45, 2.75) is 92.6 Å². The fraction of sp³-hybridized carbons (Fsp3) is 0.692. The zero-order valence-corrected chi connectivity index (χ0v) is 20.1. The first-order valence-corrected chi connectivity index (χ1v) is 11.5. The van der Waals surface area contributed by atoms with Gasteiger partial charge in [-0.3, -0.25) is 0 Å². The van der Waals surface area contributed by atoms with Gasteiger partial charge in [-0.25, -0.2) is 0 Å². The summed E-state index contributed by atoms with van der Waals surface area (Å²) in [6.07, 6.45) is 11.6. The van der Waals surface area contributed by atoms with Gasteiger partial charge in [0.15, 0.2) is 6.79 Å². The van der Waals surface area contributed by atoms with Gasteiger partial charge in [0.1, 0.15) is 23.9 Å². The first-order valence-electron chi connectivity index (χ1n) is 11.5. The Kier molecular flexibility index (Phi) is 9.24. The molecule has 1 aromatic rings. The highest BCUT2D eigenvalue weighted by atomic mass is 16.7. The van der Waals surface area contributed by atoms with E-state index in [0.717, 1.165) is 53.4 Å². The van der Waals surface area contributed by atoms with Gasteiger partial charge in [-0.05, 0) is 81.6 Å². The Morgan fingerprint density at radius 3 is 2.50 bits per heavy atom. The second-order valence-corrected chi connectivity index (χ2v) is 9.59. The van der Waals surface area contributed by atoms with Gasteiger partial charge in [0.25, 0.3) is 0 Å². The van der Waals surface area contributed by atoms with E-state index in [4.69, 9.17) is 19.3 Å². The second-order valence-electron chi connectivity index (χ2n) is 9.59. The van der Waals surface area contributed by atoms with E-state index < -0.39 is 0 Å². The van der Waals surface area contributed by atoms with Crippen molar-refractivity contribution in [2.24, 2.45) is 11.8 Å². The summed E-state index contributed by atoms with van der Waals surface area (Å²) in [6, 6.07) is 0. The summed E-state index contributed by atoms with van der Waals surface area (Å²) in [4.78, 5) is 0. The van der Waals surface area contributed by atoms with Gasteiger partial charge in [0.2, 0.25) is 0 Å². The van der Waals surface area contributed by atoms with E-state index in [1.165, 1.54) is 24.8 Å². The van der Waals surface area contributed by atoms with Gasteiger partial charge in [0.05, 0.1) is 0 Å². The fourth-order valence-electron chi connectivity index (χ4n) is 4.27. The molecule has 0 saturated carbocycles. The van der Waals surface area contributed by atoms with Gasteiger partial charge < -0.3 is 19.3 Å². The van der Waals surface area contributed by atoms with Crippen molar-refractivity contribution >= 4 is 0 Å². The third-order valence-corrected chi connectivity index (χ3v) is 6.38. The van der Waals surface area contributed by atoms with Crippen molar-refractivity contribution in [3.63, 3.8) is 0 Å². The zero-order chi connectivity index (χ0) is 22.3. The summed E-state index contributed by atoms with van der Waals surface area (Å²) < 4.78 is 17.3. The maximum Gasteiger partial charge on any atom is 0.191 e. The summed E-state index contributed by atoms with van der Waals surface area (Å²) in [5, 5.41) is 8.83. The minimum atomic E-state index is -0.341. The molecule has 0 radical (unpaired) electrons. The summed E-state index contributed by atoms with van der Waals surface area (Å²) in [7, 11) is 0. The molecular weight excluding hydrogens is 376 g/mol. The summed E-state index contributed by atoms with van der Waals surface area (Å²) in [6.45, 7) is 15.1. The quantitative estimate of drug-likeness (QED) is 0.256. The van der Waals surface area contributed by atoms with E-state index in [1.807, 2.05) is 0 Å². The van der Waals surface area contributed by atoms with E-state index in [-0.39, 0.29) is 19.2 Å². The van der Waals surface area contributed by atoms with Crippen LogP contribution in [0.1, 0.15) is 82.1 Å². The Morgan fingerprint density at radius 2 is 1.83 bits per heavy atom. The number of ether oxygens (including phenoxy) is 3. The number of rotatable bonds is 11. The highest BCUT2D eigenvalue weighted by molar-refractivity contribution is 5.59. The van der Waals surface area contributed by atoms with Crippen LogP contribution in [0.25, 0.3) is 0 Å². The van der Waals surface area contributed by atoms with Gasteiger partial charge in [-0.15, -0.1) is 0 Å². The Morgan fingerprint density at radius 1 is 1.10 bits per heavy atom. The third kappa shape index (κ3) is 6.49. The molecule has 170 valence electrons. The molecule has 4 nitrogen and oxygen atoms in total. The highest BCUT2D eigenvalue weighted by Crippen LogP contribution is 2.44. The Bertz CT molecular complexity index is 722. The lowest BCUT2D eigenvalue weighted by Gasteiger charge is -2.36. The molecule has 0 bridgehead atoms. The highest BCUT2D eigenvalue weighted by Gasteiger charge is 2.32. The van der Waals surface area contributed by atoms with Gasteiger partial charge >= 0.3 is 0 Å². The second kappa shape index (κ2) is 11.2. The molecule has 2 atom stereocenters. The van der Waals surface area contributed by atoms with Crippen molar-refractivity contribution in [1.29, 1.82) is 0 Å². The van der Waals surface area contributed by atoms with Crippen molar-refractivity contribution in [2.75, 3.05) is 13.6 Å². The van der Waals surface area contributed by atoms with Crippen LogP contribution < -0.4 is 9.47 Å². The molecule has 2 unspecified atom stereocenters. The van der Waals surface area contributed by atoms with Crippen molar-refractivity contribution in [3.8, 4) is 11.5 Å². The number of allylic oxidation sites excluding steroid dienone is 1. The maximum atomic E-state index is 8.83. The zero-order valence-electron chi connectivity index (χ0n) is 20.1. The number of fused-ring (bicyclic) bond motifs is 1. The Balaban J connectivity index is 2.06. The van der Waals surface area contributed by atoms with Crippen LogP contribution in [0, 0.1) is 32.6 Å². The SMILES string of the molecule is Cc1c(C)c2c(c(C)c1OCOCO)CCC(C)(/C=C/CC(C)CCCC(C)C)O2. The monoisotopic (exact) mass is 418 g/mol. The van der Waals surface area contributed by atoms with Crippen LogP contribution in [0.2, 0.25) is 0 Å². The maximum absolute atomic E-state index is 8.83. The van der Waals surface area contributed by atoms with Crippen LogP contribution in [0.4, 0.5) is 0 Å². The first kappa shape index (κ1) is 24.7. The molecule has 1 N–H and O–H groups in total. The lowest BCUT2D eigenvalue weighted by Crippen LogP contribution is -2.35. The van der Waals surface area contributed by atoms with Crippen LogP contribution in [-0.4, -0.2) is 24.3 Å². The lowest BCUT2D eigenvalue weighted by atomic mass is 9.86. The third-order valence-electron chi connectivity index (χ3n) is 6.38. The van der Waals surface area contributed by atoms with E-state index in [1.54, 1.807) is 0 Å². The average Bonchev–Trinajstić information content (AvgIpc) is 2.68. The van der Waals surface area contributed by atoms with Crippen molar-refractivity contribution in [3.05, 3.63) is 34.4 Å². The van der Waals surface area contributed by atoms with Gasteiger partial charge in [-0.1, -0.05) is 46.1 Å². The van der Waals surface area contributed by atoms with Crippen LogP contribution in [0.3, 0.4) is 0 Å². The first-order chi connectivity index (χ1) is 14.2. The minimum Gasteiger partial charge on any atom is -0.483 e. The standard InChI is InChI=1S/C26H42O4/c1-18(2)10-8-11-19(3)12-9-14-26(7)15-13-23-22(6)24(29-17-28-16-27)20(4)21(5)25(23)30-26/h9,14,18-19,27H,8,10-13,15-17H2,1-7H3/b14-9+. The molecule has 4 heteroatoms. The number of aliphatic hydroxyl groups is 1. The smallest absolute Gasteiger partial charge is 0.191 e. The normalized spacial score (nSPS) is 19.8. The number of hydrogen-bond donors (Lipinski definition) is 1. The van der Waals surface area contributed by atoms with Crippen LogP contribution in [0.15, 0.2) is 12.2 Å². The van der Waals surface area contributed by atoms with E-state index in [9.17, 15) is 0 Å². The molecule has 1 aliphatic heterocycles. The molecule has 0 amide bonds. The number of benzene rings is 1. The minimum absolute atomic E-state index is 0.0487. The fourth-order valence-corrected chi connectivity index (χ4v) is 4.27. The molecule has 2 rings (SSSR count). The van der Waals surface area contributed by atoms with Crippen LogP contribution >= 0.6 is 0 Å². The van der Waals surface area contributed by atoms with Crippen LogP contribution in [0.5, 0.6) is 11.5 Å². The molecule has 0 saturated heterocycles. The predicted molar refractivity (Wildman–Crippen MR) is 123 cm³/mol. The molecule has 0 fully saturated rings. The Hall–Kier alpha value is -1.52. The number of hydrogen-bond acceptors (Lipinski definition) is 4. The molecule has 30 heavy (non-hydrogen) atoms. The molecule has 1 aliphatic rings. The molecule has 1 aromatic carbocycles. The molecule has 1 heterocycles. The summed E-state index contributed by atoms with van der Waals surface area (Å²) >= 11 is 0. The Labute approximate surface area is 183 Å². The topological polar surface area (TPSA) is 47.9 Å². The van der Waals surface area contributed by atoms with E-state index in [2.05, 4.69) is 60.6 Å². The molecule has 0 aromatic heterocycles. The van der Waals surface area contributed by atoms with E-state index >= 15 is 0 Å². The molecular formula is C26H42O4.